The lowest BCUT2D eigenvalue weighted by molar-refractivity contribution is 0.0711. The van der Waals surface area contributed by atoms with Crippen molar-refractivity contribution < 1.29 is 14.4 Å². The van der Waals surface area contributed by atoms with Gasteiger partial charge >= 0.3 is 0 Å². The summed E-state index contributed by atoms with van der Waals surface area (Å²) in [7, 11) is 0. The van der Waals surface area contributed by atoms with Gasteiger partial charge < -0.3 is 9.88 Å². The Morgan fingerprint density at radius 1 is 0.824 bits per heavy atom. The van der Waals surface area contributed by atoms with Crippen molar-refractivity contribution in [2.75, 3.05) is 18.0 Å². The number of nitrogens with zero attached hydrogens (tertiary/aromatic N) is 3. The number of para-hydroxylation sites is 2. The van der Waals surface area contributed by atoms with Crippen LogP contribution in [0.15, 0.2) is 72.8 Å². The molecule has 168 valence electrons. The Bertz CT molecular complexity index is 1360. The number of benzene rings is 3. The van der Waals surface area contributed by atoms with E-state index in [-0.39, 0.29) is 17.7 Å². The first-order valence-electron chi connectivity index (χ1n) is 11.4. The van der Waals surface area contributed by atoms with Crippen LogP contribution in [0.5, 0.6) is 0 Å². The number of likely N-dealkylation sites (tertiary alicyclic amines) is 1. The molecule has 0 spiro atoms. The van der Waals surface area contributed by atoms with Crippen molar-refractivity contribution in [2.24, 2.45) is 0 Å². The largest absolute Gasteiger partial charge is 0.342 e. The number of carbonyl (C=O) groups excluding carboxylic acids is 3. The molecule has 7 heteroatoms. The van der Waals surface area contributed by atoms with E-state index in [0.29, 0.717) is 41.4 Å². The fraction of sp³-hybridized carbons (Fsp3) is 0.185. The van der Waals surface area contributed by atoms with E-state index in [1.54, 1.807) is 48.5 Å². The number of nitrogens with one attached hydrogen (secondary N) is 1. The average molecular weight is 450 g/mol. The summed E-state index contributed by atoms with van der Waals surface area (Å²) in [6.07, 6.45) is 1.69. The van der Waals surface area contributed by atoms with E-state index in [1.807, 2.05) is 29.2 Å². The molecule has 0 aliphatic carbocycles. The lowest BCUT2D eigenvalue weighted by atomic mass is 9.95. The summed E-state index contributed by atoms with van der Waals surface area (Å²) in [6, 6.07) is 21.5. The Morgan fingerprint density at radius 3 is 2.09 bits per heavy atom. The van der Waals surface area contributed by atoms with E-state index in [4.69, 9.17) is 4.98 Å². The lowest BCUT2D eigenvalue weighted by Gasteiger charge is -2.31. The molecule has 1 fully saturated rings. The molecular formula is C27H22N4O3. The first kappa shape index (κ1) is 20.4. The number of amides is 3. The zero-order chi connectivity index (χ0) is 23.2. The van der Waals surface area contributed by atoms with E-state index in [9.17, 15) is 14.4 Å². The maximum atomic E-state index is 13.1. The van der Waals surface area contributed by atoms with Crippen LogP contribution in [-0.4, -0.2) is 45.7 Å². The fourth-order valence-electron chi connectivity index (χ4n) is 4.88. The number of anilines is 1. The normalized spacial score (nSPS) is 16.4. The van der Waals surface area contributed by atoms with E-state index in [0.717, 1.165) is 34.6 Å². The highest BCUT2D eigenvalue weighted by molar-refractivity contribution is 6.34. The van der Waals surface area contributed by atoms with E-state index in [2.05, 4.69) is 4.98 Å². The Hall–Kier alpha value is -4.26. The number of imide groups is 1. The zero-order valence-electron chi connectivity index (χ0n) is 18.4. The van der Waals surface area contributed by atoms with Crippen molar-refractivity contribution in [3.8, 4) is 0 Å². The minimum absolute atomic E-state index is 0.0445. The average Bonchev–Trinajstić information content (AvgIpc) is 3.43. The summed E-state index contributed by atoms with van der Waals surface area (Å²) in [5, 5.41) is 0. The minimum Gasteiger partial charge on any atom is -0.342 e. The van der Waals surface area contributed by atoms with E-state index in [1.165, 1.54) is 0 Å². The summed E-state index contributed by atoms with van der Waals surface area (Å²) in [5.74, 6) is 0.558. The van der Waals surface area contributed by atoms with E-state index >= 15 is 0 Å². The second-order valence-corrected chi connectivity index (χ2v) is 8.74. The zero-order valence-corrected chi connectivity index (χ0v) is 18.4. The number of carbonyl (C=O) groups is 3. The van der Waals surface area contributed by atoms with Gasteiger partial charge in [0.05, 0.1) is 27.8 Å². The number of piperidine rings is 1. The monoisotopic (exact) mass is 450 g/mol. The van der Waals surface area contributed by atoms with E-state index < -0.39 is 0 Å². The van der Waals surface area contributed by atoms with Crippen LogP contribution in [0.2, 0.25) is 0 Å². The topological polar surface area (TPSA) is 86.4 Å². The Kier molecular flexibility index (Phi) is 4.76. The maximum Gasteiger partial charge on any atom is 0.266 e. The molecule has 2 aliphatic heterocycles. The summed E-state index contributed by atoms with van der Waals surface area (Å²) < 4.78 is 0. The van der Waals surface area contributed by atoms with Crippen molar-refractivity contribution in [3.63, 3.8) is 0 Å². The number of aromatic nitrogens is 2. The molecule has 0 atom stereocenters. The molecule has 1 N–H and O–H groups in total. The smallest absolute Gasteiger partial charge is 0.266 e. The van der Waals surface area contributed by atoms with Crippen LogP contribution in [-0.2, 0) is 0 Å². The molecule has 0 saturated carbocycles. The number of imidazole rings is 1. The first-order chi connectivity index (χ1) is 16.6. The van der Waals surface area contributed by atoms with Gasteiger partial charge in [-0.1, -0.05) is 24.3 Å². The van der Waals surface area contributed by atoms with Crippen LogP contribution in [0.3, 0.4) is 0 Å². The van der Waals surface area contributed by atoms with Gasteiger partial charge in [-0.3, -0.25) is 14.4 Å². The van der Waals surface area contributed by atoms with Crippen LogP contribution < -0.4 is 4.90 Å². The van der Waals surface area contributed by atoms with Crippen LogP contribution in [0.25, 0.3) is 11.0 Å². The van der Waals surface area contributed by atoms with Crippen molar-refractivity contribution in [3.05, 3.63) is 95.3 Å². The van der Waals surface area contributed by atoms with Crippen molar-refractivity contribution >= 4 is 34.4 Å². The SMILES string of the molecule is O=C(c1ccc(N2C(=O)c3ccccc3C2=O)cc1)N1CCC(c2nc3ccccc3[nH]2)CC1. The molecule has 34 heavy (non-hydrogen) atoms. The minimum atomic E-state index is -0.340. The van der Waals surface area contributed by atoms with Gasteiger partial charge in [0.2, 0.25) is 0 Å². The highest BCUT2D eigenvalue weighted by Crippen LogP contribution is 2.30. The van der Waals surface area contributed by atoms with Crippen LogP contribution >= 0.6 is 0 Å². The third kappa shape index (κ3) is 3.28. The standard InChI is InChI=1S/C27H22N4O3/c32-25(30-15-13-17(14-16-30)24-28-22-7-3-4-8-23(22)29-24)18-9-11-19(12-10-18)31-26(33)20-5-1-2-6-21(20)27(31)34/h1-12,17H,13-16H2,(H,28,29). The molecule has 3 amide bonds. The molecule has 3 aromatic carbocycles. The highest BCUT2D eigenvalue weighted by Gasteiger charge is 2.36. The molecule has 2 aliphatic rings. The molecule has 1 saturated heterocycles. The van der Waals surface area contributed by atoms with Gasteiger partial charge in [0.1, 0.15) is 5.82 Å². The van der Waals surface area contributed by atoms with Crippen LogP contribution in [0, 0.1) is 0 Å². The number of H-pyrrole nitrogens is 1. The second-order valence-electron chi connectivity index (χ2n) is 8.74. The molecular weight excluding hydrogens is 428 g/mol. The molecule has 4 aromatic rings. The van der Waals surface area contributed by atoms with Gasteiger partial charge in [0.15, 0.2) is 0 Å². The predicted octanol–water partition coefficient (Wildman–Crippen LogP) is 4.38. The molecule has 0 unspecified atom stereocenters. The van der Waals surface area contributed by atoms with Crippen LogP contribution in [0.4, 0.5) is 5.69 Å². The number of hydrogen-bond acceptors (Lipinski definition) is 4. The fourth-order valence-corrected chi connectivity index (χ4v) is 4.88. The van der Waals surface area contributed by atoms with Gasteiger partial charge in [-0.25, -0.2) is 9.88 Å². The molecule has 1 aromatic heterocycles. The Morgan fingerprint density at radius 2 is 1.44 bits per heavy atom. The van der Waals surface area contributed by atoms with Crippen LogP contribution in [0.1, 0.15) is 55.7 Å². The van der Waals surface area contributed by atoms with Crippen molar-refractivity contribution in [2.45, 2.75) is 18.8 Å². The van der Waals surface area contributed by atoms with Crippen molar-refractivity contribution in [1.29, 1.82) is 0 Å². The van der Waals surface area contributed by atoms with Crippen molar-refractivity contribution in [1.82, 2.24) is 14.9 Å². The summed E-state index contributed by atoms with van der Waals surface area (Å²) >= 11 is 0. The Labute approximate surface area is 196 Å². The molecule has 6 rings (SSSR count). The number of fused-ring (bicyclic) bond motifs is 2. The third-order valence-electron chi connectivity index (χ3n) is 6.74. The van der Waals surface area contributed by atoms with Gasteiger partial charge in [0.25, 0.3) is 17.7 Å². The second kappa shape index (κ2) is 7.95. The maximum absolute atomic E-state index is 13.1. The van der Waals surface area contributed by atoms with Gasteiger partial charge in [-0.05, 0) is 61.4 Å². The van der Waals surface area contributed by atoms with Gasteiger partial charge in [0, 0.05) is 24.6 Å². The number of aromatic amines is 1. The first-order valence-corrected chi connectivity index (χ1v) is 11.4. The quantitative estimate of drug-likeness (QED) is 0.469. The molecule has 0 radical (unpaired) electrons. The summed E-state index contributed by atoms with van der Waals surface area (Å²) in [5.41, 5.74) is 3.82. The Balaban J connectivity index is 1.13. The van der Waals surface area contributed by atoms with Gasteiger partial charge in [-0.15, -0.1) is 0 Å². The molecule has 3 heterocycles. The lowest BCUT2D eigenvalue weighted by Crippen LogP contribution is -2.38. The van der Waals surface area contributed by atoms with Gasteiger partial charge in [-0.2, -0.15) is 0 Å². The molecule has 0 bridgehead atoms. The summed E-state index contributed by atoms with van der Waals surface area (Å²) in [4.78, 5) is 49.6. The third-order valence-corrected chi connectivity index (χ3v) is 6.74. The number of rotatable bonds is 3. The molecule has 7 nitrogen and oxygen atoms in total. The number of hydrogen-bond donors (Lipinski definition) is 1. The summed E-state index contributed by atoms with van der Waals surface area (Å²) in [6.45, 7) is 1.31. The highest BCUT2D eigenvalue weighted by atomic mass is 16.2. The predicted molar refractivity (Wildman–Crippen MR) is 128 cm³/mol.